The molecule has 1 atom stereocenters. The van der Waals surface area contributed by atoms with Gasteiger partial charge >= 0.3 is 0 Å². The van der Waals surface area contributed by atoms with Crippen molar-refractivity contribution in [3.8, 4) is 11.5 Å². The summed E-state index contributed by atoms with van der Waals surface area (Å²) in [5.74, 6) is 5.54. The van der Waals surface area contributed by atoms with E-state index in [1.165, 1.54) is 22.8 Å². The summed E-state index contributed by atoms with van der Waals surface area (Å²) < 4.78 is 10.6. The first-order valence-electron chi connectivity index (χ1n) is 6.44. The normalized spacial score (nSPS) is 19.2. The lowest BCUT2D eigenvalue weighted by Gasteiger charge is -2.21. The van der Waals surface area contributed by atoms with Crippen molar-refractivity contribution < 1.29 is 9.47 Å². The smallest absolute Gasteiger partial charge is 0.122 e. The van der Waals surface area contributed by atoms with Crippen molar-refractivity contribution >= 4 is 23.5 Å². The Labute approximate surface area is 123 Å². The summed E-state index contributed by atoms with van der Waals surface area (Å²) in [5, 5.41) is 4.27. The lowest BCUT2D eigenvalue weighted by atomic mass is 10.2. The number of thioether (sulfide) groups is 2. The van der Waals surface area contributed by atoms with Crippen molar-refractivity contribution in [1.82, 2.24) is 5.32 Å². The van der Waals surface area contributed by atoms with Crippen molar-refractivity contribution in [1.29, 1.82) is 0 Å². The molecule has 0 radical (unpaired) electrons. The molecule has 19 heavy (non-hydrogen) atoms. The predicted molar refractivity (Wildman–Crippen MR) is 84.8 cm³/mol. The van der Waals surface area contributed by atoms with Gasteiger partial charge in [-0.15, -0.1) is 0 Å². The first kappa shape index (κ1) is 14.9. The minimum Gasteiger partial charge on any atom is -0.497 e. The van der Waals surface area contributed by atoms with E-state index in [4.69, 9.17) is 9.47 Å². The average molecular weight is 299 g/mol. The monoisotopic (exact) mass is 299 g/mol. The Hall–Kier alpha value is -0.520. The number of benzene rings is 1. The molecule has 1 unspecified atom stereocenters. The van der Waals surface area contributed by atoms with Crippen LogP contribution in [-0.4, -0.2) is 43.3 Å². The number of ether oxygens (including phenoxy) is 2. The van der Waals surface area contributed by atoms with Crippen molar-refractivity contribution in [2.75, 3.05) is 38.0 Å². The molecule has 0 spiro atoms. The second-order valence-corrected chi connectivity index (χ2v) is 6.98. The van der Waals surface area contributed by atoms with Gasteiger partial charge in [0, 0.05) is 41.7 Å². The van der Waals surface area contributed by atoms with Crippen molar-refractivity contribution in [3.05, 3.63) is 23.8 Å². The number of rotatable bonds is 6. The third kappa shape index (κ3) is 4.82. The first-order chi connectivity index (χ1) is 9.31. The molecule has 1 fully saturated rings. The summed E-state index contributed by atoms with van der Waals surface area (Å²) in [7, 11) is 3.36. The Morgan fingerprint density at radius 2 is 1.89 bits per heavy atom. The van der Waals surface area contributed by atoms with Gasteiger partial charge in [0.1, 0.15) is 11.5 Å². The standard InChI is InChI=1S/C14H21NO2S2/c1-16-12-5-11(6-13(7-12)17-2)8-15-9-14-10-18-3-4-19-14/h5-7,14-15H,3-4,8-10H2,1-2H3. The Morgan fingerprint density at radius 1 is 1.16 bits per heavy atom. The maximum Gasteiger partial charge on any atom is 0.122 e. The largest absolute Gasteiger partial charge is 0.497 e. The summed E-state index contributed by atoms with van der Waals surface area (Å²) in [4.78, 5) is 0. The van der Waals surface area contributed by atoms with Gasteiger partial charge in [0.05, 0.1) is 14.2 Å². The van der Waals surface area contributed by atoms with Crippen LogP contribution in [-0.2, 0) is 6.54 Å². The second-order valence-electron chi connectivity index (χ2n) is 4.42. The molecule has 1 aromatic carbocycles. The van der Waals surface area contributed by atoms with Gasteiger partial charge in [0.25, 0.3) is 0 Å². The molecule has 1 saturated heterocycles. The SMILES string of the molecule is COc1cc(CNCC2CSCCS2)cc(OC)c1. The van der Waals surface area contributed by atoms with E-state index in [0.717, 1.165) is 29.8 Å². The maximum absolute atomic E-state index is 5.28. The third-order valence-corrected chi connectivity index (χ3v) is 5.84. The lowest BCUT2D eigenvalue weighted by Crippen LogP contribution is -2.28. The highest BCUT2D eigenvalue weighted by atomic mass is 32.2. The summed E-state index contributed by atoms with van der Waals surface area (Å²) >= 11 is 4.14. The molecule has 1 aromatic rings. The number of methoxy groups -OCH3 is 2. The van der Waals surface area contributed by atoms with Crippen molar-refractivity contribution in [2.24, 2.45) is 0 Å². The zero-order valence-corrected chi connectivity index (χ0v) is 13.1. The van der Waals surface area contributed by atoms with Gasteiger partial charge in [-0.1, -0.05) is 0 Å². The van der Waals surface area contributed by atoms with Crippen LogP contribution in [0.1, 0.15) is 5.56 Å². The van der Waals surface area contributed by atoms with Crippen LogP contribution < -0.4 is 14.8 Å². The number of hydrogen-bond acceptors (Lipinski definition) is 5. The van der Waals surface area contributed by atoms with Crippen LogP contribution in [0.3, 0.4) is 0 Å². The van der Waals surface area contributed by atoms with Gasteiger partial charge in [-0.25, -0.2) is 0 Å². The van der Waals surface area contributed by atoms with Gasteiger partial charge < -0.3 is 14.8 Å². The molecule has 1 aliphatic heterocycles. The fourth-order valence-electron chi connectivity index (χ4n) is 2.00. The molecule has 0 bridgehead atoms. The zero-order chi connectivity index (χ0) is 13.5. The Bertz CT molecular complexity index is 373. The molecular weight excluding hydrogens is 278 g/mol. The molecule has 0 amide bonds. The van der Waals surface area contributed by atoms with E-state index in [9.17, 15) is 0 Å². The molecular formula is C14H21NO2S2. The zero-order valence-electron chi connectivity index (χ0n) is 11.5. The van der Waals surface area contributed by atoms with E-state index in [1.54, 1.807) is 14.2 Å². The lowest BCUT2D eigenvalue weighted by molar-refractivity contribution is 0.393. The van der Waals surface area contributed by atoms with Gasteiger partial charge in [-0.2, -0.15) is 23.5 Å². The fraction of sp³-hybridized carbons (Fsp3) is 0.571. The predicted octanol–water partition coefficient (Wildman–Crippen LogP) is 2.64. The summed E-state index contributed by atoms with van der Waals surface area (Å²) in [6, 6.07) is 6.01. The second kappa shape index (κ2) is 7.92. The minimum absolute atomic E-state index is 0.742. The van der Waals surface area contributed by atoms with Crippen LogP contribution in [0.5, 0.6) is 11.5 Å². The van der Waals surface area contributed by atoms with E-state index in [1.807, 2.05) is 6.07 Å². The van der Waals surface area contributed by atoms with Crippen LogP contribution in [0, 0.1) is 0 Å². The summed E-state index contributed by atoms with van der Waals surface area (Å²) in [6.07, 6.45) is 0. The van der Waals surface area contributed by atoms with Crippen LogP contribution in [0.4, 0.5) is 0 Å². The maximum atomic E-state index is 5.28. The molecule has 1 N–H and O–H groups in total. The van der Waals surface area contributed by atoms with Crippen LogP contribution in [0.2, 0.25) is 0 Å². The molecule has 5 heteroatoms. The van der Waals surface area contributed by atoms with Crippen LogP contribution in [0.15, 0.2) is 18.2 Å². The quantitative estimate of drug-likeness (QED) is 0.872. The van der Waals surface area contributed by atoms with E-state index in [0.29, 0.717) is 0 Å². The highest BCUT2D eigenvalue weighted by Gasteiger charge is 2.13. The Morgan fingerprint density at radius 3 is 2.47 bits per heavy atom. The highest BCUT2D eigenvalue weighted by molar-refractivity contribution is 8.06. The Balaban J connectivity index is 1.84. The average Bonchev–Trinajstić information content (AvgIpc) is 2.48. The first-order valence-corrected chi connectivity index (χ1v) is 8.64. The molecule has 1 aliphatic rings. The van der Waals surface area contributed by atoms with Crippen molar-refractivity contribution in [3.63, 3.8) is 0 Å². The molecule has 2 rings (SSSR count). The van der Waals surface area contributed by atoms with E-state index >= 15 is 0 Å². The summed E-state index contributed by atoms with van der Waals surface area (Å²) in [6.45, 7) is 1.92. The van der Waals surface area contributed by atoms with Gasteiger partial charge in [0.2, 0.25) is 0 Å². The van der Waals surface area contributed by atoms with Crippen molar-refractivity contribution in [2.45, 2.75) is 11.8 Å². The molecule has 3 nitrogen and oxygen atoms in total. The molecule has 106 valence electrons. The summed E-state index contributed by atoms with van der Waals surface area (Å²) in [5.41, 5.74) is 1.20. The highest BCUT2D eigenvalue weighted by Crippen LogP contribution is 2.24. The third-order valence-electron chi connectivity index (χ3n) is 3.00. The Kier molecular flexibility index (Phi) is 6.20. The minimum atomic E-state index is 0.742. The topological polar surface area (TPSA) is 30.5 Å². The van der Waals surface area contributed by atoms with Gasteiger partial charge in [0.15, 0.2) is 0 Å². The number of nitrogens with one attached hydrogen (secondary N) is 1. The number of hydrogen-bond donors (Lipinski definition) is 1. The fourth-order valence-corrected chi connectivity index (χ4v) is 4.65. The van der Waals surface area contributed by atoms with Gasteiger partial charge in [-0.3, -0.25) is 0 Å². The molecule has 0 aromatic heterocycles. The molecule has 1 heterocycles. The molecule has 0 aliphatic carbocycles. The van der Waals surface area contributed by atoms with Crippen LogP contribution in [0.25, 0.3) is 0 Å². The van der Waals surface area contributed by atoms with E-state index in [2.05, 4.69) is 41.0 Å². The molecule has 0 saturated carbocycles. The van der Waals surface area contributed by atoms with Crippen LogP contribution >= 0.6 is 23.5 Å². The van der Waals surface area contributed by atoms with E-state index in [-0.39, 0.29) is 0 Å². The van der Waals surface area contributed by atoms with E-state index < -0.39 is 0 Å². The van der Waals surface area contributed by atoms with Gasteiger partial charge in [-0.05, 0) is 17.7 Å².